The average Bonchev–Trinajstić information content (AvgIpc) is 3.27. The first-order valence-electron chi connectivity index (χ1n) is 11.6. The predicted molar refractivity (Wildman–Crippen MR) is 125 cm³/mol. The number of nitrogens with zero attached hydrogens (tertiary/aromatic N) is 4. The van der Waals surface area contributed by atoms with Crippen LogP contribution < -0.4 is 0 Å². The van der Waals surface area contributed by atoms with Crippen molar-refractivity contribution in [3.05, 3.63) is 77.4 Å². The maximum atomic E-state index is 13.3. The maximum absolute atomic E-state index is 13.3. The van der Waals surface area contributed by atoms with Gasteiger partial charge in [0.25, 0.3) is 5.91 Å². The van der Waals surface area contributed by atoms with E-state index in [4.69, 9.17) is 4.74 Å². The van der Waals surface area contributed by atoms with Gasteiger partial charge < -0.3 is 9.64 Å². The van der Waals surface area contributed by atoms with Crippen molar-refractivity contribution >= 4 is 11.9 Å². The van der Waals surface area contributed by atoms with Gasteiger partial charge in [-0.25, -0.2) is 9.67 Å². The Morgan fingerprint density at radius 2 is 1.82 bits per heavy atom. The first-order valence-corrected chi connectivity index (χ1v) is 11.6. The third-order valence-corrected chi connectivity index (χ3v) is 6.02. The fraction of sp³-hybridized carbons (Fsp3) is 0.385. The van der Waals surface area contributed by atoms with Crippen molar-refractivity contribution in [3.63, 3.8) is 0 Å². The average molecular weight is 447 g/mol. The SMILES string of the molecule is CCOC(=O)C1CCCN(C(=O)c2nc(CCc3ccccc3)n(-c3ccccc3C)n2)C1. The van der Waals surface area contributed by atoms with E-state index in [-0.39, 0.29) is 23.6 Å². The Morgan fingerprint density at radius 3 is 2.58 bits per heavy atom. The Morgan fingerprint density at radius 1 is 1.06 bits per heavy atom. The number of hydrogen-bond acceptors (Lipinski definition) is 5. The fourth-order valence-corrected chi connectivity index (χ4v) is 4.25. The van der Waals surface area contributed by atoms with Gasteiger partial charge >= 0.3 is 5.97 Å². The number of likely N-dealkylation sites (tertiary alicyclic amines) is 1. The minimum Gasteiger partial charge on any atom is -0.466 e. The van der Waals surface area contributed by atoms with Crippen LogP contribution in [-0.2, 0) is 22.4 Å². The molecule has 0 aliphatic carbocycles. The number of aryl methyl sites for hydroxylation is 3. The lowest BCUT2D eigenvalue weighted by Crippen LogP contribution is -2.43. The van der Waals surface area contributed by atoms with E-state index in [0.717, 1.165) is 36.3 Å². The second-order valence-electron chi connectivity index (χ2n) is 8.38. The van der Waals surface area contributed by atoms with Gasteiger partial charge in [-0.15, -0.1) is 5.10 Å². The largest absolute Gasteiger partial charge is 0.466 e. The lowest BCUT2D eigenvalue weighted by Gasteiger charge is -2.30. The Balaban J connectivity index is 1.59. The zero-order chi connectivity index (χ0) is 23.2. The topological polar surface area (TPSA) is 77.3 Å². The third kappa shape index (κ3) is 5.30. The van der Waals surface area contributed by atoms with E-state index < -0.39 is 0 Å². The van der Waals surface area contributed by atoms with Crippen LogP contribution in [0.25, 0.3) is 5.69 Å². The second-order valence-corrected chi connectivity index (χ2v) is 8.38. The van der Waals surface area contributed by atoms with E-state index in [0.29, 0.717) is 26.1 Å². The van der Waals surface area contributed by atoms with Crippen LogP contribution in [0, 0.1) is 12.8 Å². The molecule has 2 aromatic carbocycles. The molecule has 1 fully saturated rings. The van der Waals surface area contributed by atoms with Crippen molar-refractivity contribution in [1.82, 2.24) is 19.7 Å². The number of esters is 1. The number of aromatic nitrogens is 3. The zero-order valence-electron chi connectivity index (χ0n) is 19.2. The molecule has 7 heteroatoms. The van der Waals surface area contributed by atoms with Gasteiger partial charge in [-0.1, -0.05) is 48.5 Å². The summed E-state index contributed by atoms with van der Waals surface area (Å²) in [5.74, 6) is 0.147. The Hall–Kier alpha value is -3.48. The molecule has 0 saturated carbocycles. The van der Waals surface area contributed by atoms with Crippen molar-refractivity contribution in [2.75, 3.05) is 19.7 Å². The maximum Gasteiger partial charge on any atom is 0.310 e. The Kier molecular flexibility index (Phi) is 7.17. The molecule has 0 N–H and O–H groups in total. The summed E-state index contributed by atoms with van der Waals surface area (Å²) in [4.78, 5) is 31.9. The van der Waals surface area contributed by atoms with Gasteiger partial charge in [0.15, 0.2) is 0 Å². The van der Waals surface area contributed by atoms with E-state index in [1.807, 2.05) is 49.4 Å². The summed E-state index contributed by atoms with van der Waals surface area (Å²) in [7, 11) is 0. The highest BCUT2D eigenvalue weighted by molar-refractivity contribution is 5.91. The first kappa shape index (κ1) is 22.7. The van der Waals surface area contributed by atoms with E-state index in [1.165, 1.54) is 5.56 Å². The molecule has 2 heterocycles. The van der Waals surface area contributed by atoms with Crippen molar-refractivity contribution < 1.29 is 14.3 Å². The summed E-state index contributed by atoms with van der Waals surface area (Å²) in [6, 6.07) is 18.2. The molecule has 1 unspecified atom stereocenters. The molecule has 3 aromatic rings. The molecule has 1 aliphatic rings. The minimum absolute atomic E-state index is 0.172. The van der Waals surface area contributed by atoms with Gasteiger partial charge in [0.1, 0.15) is 5.82 Å². The second kappa shape index (κ2) is 10.4. The monoisotopic (exact) mass is 446 g/mol. The van der Waals surface area contributed by atoms with Crippen molar-refractivity contribution in [1.29, 1.82) is 0 Å². The smallest absolute Gasteiger partial charge is 0.310 e. The zero-order valence-corrected chi connectivity index (χ0v) is 19.2. The van der Waals surface area contributed by atoms with Gasteiger partial charge in [-0.05, 0) is 50.3 Å². The summed E-state index contributed by atoms with van der Waals surface area (Å²) >= 11 is 0. The van der Waals surface area contributed by atoms with Crippen LogP contribution in [-0.4, -0.2) is 51.2 Å². The number of amides is 1. The van der Waals surface area contributed by atoms with E-state index in [2.05, 4.69) is 22.2 Å². The fourth-order valence-electron chi connectivity index (χ4n) is 4.25. The molecule has 172 valence electrons. The lowest BCUT2D eigenvalue weighted by atomic mass is 9.98. The number of ether oxygens (including phenoxy) is 1. The normalized spacial score (nSPS) is 15.9. The Bertz CT molecular complexity index is 1110. The van der Waals surface area contributed by atoms with Gasteiger partial charge in [-0.3, -0.25) is 9.59 Å². The van der Waals surface area contributed by atoms with Gasteiger partial charge in [0.2, 0.25) is 5.82 Å². The summed E-state index contributed by atoms with van der Waals surface area (Å²) in [6.07, 6.45) is 2.95. The molecule has 1 aliphatic heterocycles. The van der Waals surface area contributed by atoms with Gasteiger partial charge in [0.05, 0.1) is 18.2 Å². The molecule has 0 bridgehead atoms. The molecule has 33 heavy (non-hydrogen) atoms. The number of piperidine rings is 1. The molecule has 1 saturated heterocycles. The molecular formula is C26H30N4O3. The summed E-state index contributed by atoms with van der Waals surface area (Å²) < 4.78 is 6.96. The summed E-state index contributed by atoms with van der Waals surface area (Å²) in [5.41, 5.74) is 3.18. The standard InChI is InChI=1S/C26H30N4O3/c1-3-33-26(32)21-13-9-17-29(18-21)25(31)24-27-23(16-15-20-11-5-4-6-12-20)30(28-24)22-14-8-7-10-19(22)2/h4-8,10-12,14,21H,3,9,13,15-18H2,1-2H3. The summed E-state index contributed by atoms with van der Waals surface area (Å²) in [6.45, 7) is 5.09. The van der Waals surface area contributed by atoms with Crippen LogP contribution in [0.4, 0.5) is 0 Å². The highest BCUT2D eigenvalue weighted by Gasteiger charge is 2.32. The quantitative estimate of drug-likeness (QED) is 0.516. The minimum atomic E-state index is -0.293. The summed E-state index contributed by atoms with van der Waals surface area (Å²) in [5, 5.41) is 4.63. The van der Waals surface area contributed by atoms with Crippen LogP contribution in [0.3, 0.4) is 0 Å². The molecule has 0 spiro atoms. The number of carbonyl (C=O) groups excluding carboxylic acids is 2. The molecule has 1 aromatic heterocycles. The van der Waals surface area contributed by atoms with Gasteiger partial charge in [-0.2, -0.15) is 0 Å². The molecule has 1 amide bonds. The predicted octanol–water partition coefficient (Wildman–Crippen LogP) is 3.78. The lowest BCUT2D eigenvalue weighted by molar-refractivity contribution is -0.149. The molecule has 0 radical (unpaired) electrons. The number of hydrogen-bond donors (Lipinski definition) is 0. The number of carbonyl (C=O) groups is 2. The number of rotatable bonds is 7. The van der Waals surface area contributed by atoms with Crippen LogP contribution in [0.1, 0.15) is 47.3 Å². The van der Waals surface area contributed by atoms with Crippen molar-refractivity contribution in [2.45, 2.75) is 39.5 Å². The van der Waals surface area contributed by atoms with Crippen LogP contribution in [0.15, 0.2) is 54.6 Å². The Labute approximate surface area is 194 Å². The van der Waals surface area contributed by atoms with Gasteiger partial charge in [0, 0.05) is 19.5 Å². The van der Waals surface area contributed by atoms with E-state index >= 15 is 0 Å². The number of benzene rings is 2. The van der Waals surface area contributed by atoms with E-state index in [1.54, 1.807) is 16.5 Å². The highest BCUT2D eigenvalue weighted by Crippen LogP contribution is 2.21. The van der Waals surface area contributed by atoms with Crippen LogP contribution in [0.5, 0.6) is 0 Å². The molecule has 1 atom stereocenters. The van der Waals surface area contributed by atoms with Crippen molar-refractivity contribution in [2.24, 2.45) is 5.92 Å². The molecule has 4 rings (SSSR count). The van der Waals surface area contributed by atoms with E-state index in [9.17, 15) is 9.59 Å². The highest BCUT2D eigenvalue weighted by atomic mass is 16.5. The molecule has 7 nitrogen and oxygen atoms in total. The number of para-hydroxylation sites is 1. The first-order chi connectivity index (χ1) is 16.1. The third-order valence-electron chi connectivity index (χ3n) is 6.02. The van der Waals surface area contributed by atoms with Crippen LogP contribution in [0.2, 0.25) is 0 Å². The molecular weight excluding hydrogens is 416 g/mol. The van der Waals surface area contributed by atoms with Crippen LogP contribution >= 0.6 is 0 Å². The van der Waals surface area contributed by atoms with Crippen molar-refractivity contribution in [3.8, 4) is 5.69 Å².